The molecule has 0 aromatic heterocycles. The minimum Gasteiger partial charge on any atom is -0.399 e. The van der Waals surface area contributed by atoms with Crippen LogP contribution in [-0.4, -0.2) is 29.5 Å². The normalized spacial score (nSPS) is 17.4. The maximum absolute atomic E-state index is 12.2. The Morgan fingerprint density at radius 2 is 1.33 bits per heavy atom. The molecule has 0 saturated carbocycles. The van der Waals surface area contributed by atoms with Gasteiger partial charge in [0.2, 0.25) is 5.14 Å². The van der Waals surface area contributed by atoms with Crippen LogP contribution in [-0.2, 0) is 9.31 Å². The number of amides is 2. The van der Waals surface area contributed by atoms with Crippen LogP contribution in [0.5, 0.6) is 0 Å². The van der Waals surface area contributed by atoms with E-state index in [9.17, 15) is 4.79 Å². The molecule has 1 radical (unpaired) electrons. The van der Waals surface area contributed by atoms with Crippen LogP contribution in [0.3, 0.4) is 0 Å². The summed E-state index contributed by atoms with van der Waals surface area (Å²) < 4.78 is 12.1. The van der Waals surface area contributed by atoms with Gasteiger partial charge in [0.1, 0.15) is 0 Å². The molecule has 3 rings (SSSR count). The molecule has 1 saturated heterocycles. The SMILES string of the molecule is CC1(C)OB(c2ccc(NC(=O)Nc3ccc([B]I)cc3)cc2)OC1(C)C. The maximum atomic E-state index is 12.2. The molecule has 1 fully saturated rings. The van der Waals surface area contributed by atoms with Gasteiger partial charge in [-0.2, -0.15) is 22.4 Å². The molecular formula is C19H22B2IN2O3. The minimum atomic E-state index is -0.411. The third-order valence-electron chi connectivity index (χ3n) is 4.99. The summed E-state index contributed by atoms with van der Waals surface area (Å²) in [5, 5.41) is 7.62. The van der Waals surface area contributed by atoms with Crippen LogP contribution in [0.2, 0.25) is 0 Å². The van der Waals surface area contributed by atoms with Gasteiger partial charge < -0.3 is 19.9 Å². The molecule has 2 aromatic rings. The van der Waals surface area contributed by atoms with Crippen molar-refractivity contribution < 1.29 is 14.1 Å². The lowest BCUT2D eigenvalue weighted by atomic mass is 9.79. The van der Waals surface area contributed by atoms with E-state index in [2.05, 4.69) is 33.0 Å². The van der Waals surface area contributed by atoms with Crippen molar-refractivity contribution in [3.63, 3.8) is 0 Å². The van der Waals surface area contributed by atoms with Crippen molar-refractivity contribution >= 4 is 63.0 Å². The van der Waals surface area contributed by atoms with E-state index in [0.717, 1.165) is 16.6 Å². The van der Waals surface area contributed by atoms with Crippen LogP contribution in [0.15, 0.2) is 48.5 Å². The molecule has 2 N–H and O–H groups in total. The zero-order chi connectivity index (χ0) is 19.7. The van der Waals surface area contributed by atoms with Gasteiger partial charge >= 0.3 is 13.1 Å². The van der Waals surface area contributed by atoms with Gasteiger partial charge in [-0.25, -0.2) is 4.79 Å². The molecular weight excluding hydrogens is 453 g/mol. The quantitative estimate of drug-likeness (QED) is 0.528. The molecule has 0 unspecified atom stereocenters. The Hall–Kier alpha value is -1.51. The molecule has 2 aromatic carbocycles. The lowest BCUT2D eigenvalue weighted by Gasteiger charge is -2.32. The number of hydrogen-bond acceptors (Lipinski definition) is 3. The van der Waals surface area contributed by atoms with E-state index < -0.39 is 7.12 Å². The Bertz CT molecular complexity index is 795. The molecule has 0 spiro atoms. The van der Waals surface area contributed by atoms with Gasteiger partial charge in [0.15, 0.2) is 0 Å². The first-order valence-corrected chi connectivity index (χ1v) is 10.0. The fraction of sp³-hybridized carbons (Fsp3) is 0.316. The summed E-state index contributed by atoms with van der Waals surface area (Å²) in [6, 6.07) is 14.8. The average Bonchev–Trinajstić information content (AvgIpc) is 2.84. The molecule has 1 aliphatic heterocycles. The van der Waals surface area contributed by atoms with Crippen LogP contribution in [0.25, 0.3) is 0 Å². The Balaban J connectivity index is 1.60. The van der Waals surface area contributed by atoms with E-state index in [1.54, 1.807) is 0 Å². The zero-order valence-electron chi connectivity index (χ0n) is 15.9. The van der Waals surface area contributed by atoms with E-state index in [1.807, 2.05) is 81.4 Å². The summed E-state index contributed by atoms with van der Waals surface area (Å²) in [4.78, 5) is 12.2. The predicted octanol–water partition coefficient (Wildman–Crippen LogP) is 3.31. The molecule has 0 bridgehead atoms. The first kappa shape index (κ1) is 20.2. The minimum absolute atomic E-state index is 0.287. The first-order valence-electron chi connectivity index (χ1n) is 8.77. The highest BCUT2D eigenvalue weighted by Gasteiger charge is 2.51. The van der Waals surface area contributed by atoms with Crippen molar-refractivity contribution in [1.82, 2.24) is 0 Å². The molecule has 8 heteroatoms. The van der Waals surface area contributed by atoms with Crippen molar-refractivity contribution in [2.24, 2.45) is 0 Å². The standard InChI is InChI=1S/C19H22B2IN2O3/c1-18(2)19(3,4)27-21(26-18)14-7-11-16(12-8-14)24-17(25)23-15-9-5-13(20-22)6-10-15/h5-12H,1-4H3,(H2,23,24,25). The Labute approximate surface area is 174 Å². The topological polar surface area (TPSA) is 59.6 Å². The number of halogens is 1. The second-order valence-electron chi connectivity index (χ2n) is 7.52. The van der Waals surface area contributed by atoms with Crippen molar-refractivity contribution in [1.29, 1.82) is 0 Å². The van der Waals surface area contributed by atoms with Crippen LogP contribution >= 0.6 is 22.4 Å². The number of rotatable bonds is 4. The van der Waals surface area contributed by atoms with Crippen molar-refractivity contribution in [2.75, 3.05) is 10.6 Å². The highest BCUT2D eigenvalue weighted by atomic mass is 127. The molecule has 27 heavy (non-hydrogen) atoms. The number of anilines is 2. The second kappa shape index (κ2) is 7.85. The van der Waals surface area contributed by atoms with Crippen molar-refractivity contribution in [3.05, 3.63) is 48.5 Å². The number of hydrogen-bond donors (Lipinski definition) is 2. The van der Waals surface area contributed by atoms with Crippen LogP contribution in [0.4, 0.5) is 16.2 Å². The van der Waals surface area contributed by atoms with Crippen LogP contribution in [0.1, 0.15) is 27.7 Å². The highest BCUT2D eigenvalue weighted by molar-refractivity contribution is 14.1. The lowest BCUT2D eigenvalue weighted by Crippen LogP contribution is -2.41. The van der Waals surface area contributed by atoms with E-state index >= 15 is 0 Å². The van der Waals surface area contributed by atoms with Gasteiger partial charge in [-0.1, -0.05) is 29.7 Å². The van der Waals surface area contributed by atoms with Gasteiger partial charge in [-0.05, 0) is 57.4 Å². The first-order chi connectivity index (χ1) is 12.7. The Morgan fingerprint density at radius 3 is 1.78 bits per heavy atom. The smallest absolute Gasteiger partial charge is 0.399 e. The van der Waals surface area contributed by atoms with Gasteiger partial charge in [0.25, 0.3) is 0 Å². The largest absolute Gasteiger partial charge is 0.494 e. The predicted molar refractivity (Wildman–Crippen MR) is 121 cm³/mol. The Kier molecular flexibility index (Phi) is 5.88. The number of carbonyl (C=O) groups is 1. The fourth-order valence-electron chi connectivity index (χ4n) is 2.64. The van der Waals surface area contributed by atoms with E-state index in [4.69, 9.17) is 9.31 Å². The molecule has 139 valence electrons. The average molecular weight is 475 g/mol. The number of nitrogens with one attached hydrogen (secondary N) is 2. The van der Waals surface area contributed by atoms with Crippen LogP contribution in [0, 0.1) is 0 Å². The maximum Gasteiger partial charge on any atom is 0.494 e. The molecule has 0 atom stereocenters. The molecule has 5 nitrogen and oxygen atoms in total. The van der Waals surface area contributed by atoms with Crippen LogP contribution < -0.4 is 21.6 Å². The summed E-state index contributed by atoms with van der Waals surface area (Å²) in [7, 11) is -0.411. The summed E-state index contributed by atoms with van der Waals surface area (Å²) in [6.45, 7) is 8.10. The summed E-state index contributed by atoms with van der Waals surface area (Å²) in [5.41, 5.74) is 2.71. The summed E-state index contributed by atoms with van der Waals surface area (Å²) in [5.74, 6) is 0. The molecule has 1 heterocycles. The molecule has 0 aliphatic carbocycles. The van der Waals surface area contributed by atoms with Gasteiger partial charge in [-0.15, -0.1) is 0 Å². The van der Waals surface area contributed by atoms with E-state index in [0.29, 0.717) is 5.69 Å². The lowest BCUT2D eigenvalue weighted by molar-refractivity contribution is 0.00578. The second-order valence-corrected chi connectivity index (χ2v) is 8.14. The van der Waals surface area contributed by atoms with Gasteiger partial charge in [-0.3, -0.25) is 0 Å². The monoisotopic (exact) mass is 475 g/mol. The van der Waals surface area contributed by atoms with E-state index in [-0.39, 0.29) is 17.2 Å². The number of urea groups is 1. The summed E-state index contributed by atoms with van der Waals surface area (Å²) >= 11 is 2.18. The number of carbonyl (C=O) groups excluding carboxylic acids is 1. The van der Waals surface area contributed by atoms with Gasteiger partial charge in [0, 0.05) is 11.4 Å². The third-order valence-corrected chi connectivity index (χ3v) is 5.71. The van der Waals surface area contributed by atoms with Crippen molar-refractivity contribution in [2.45, 2.75) is 38.9 Å². The number of benzene rings is 2. The molecule has 1 aliphatic rings. The fourth-order valence-corrected chi connectivity index (χ4v) is 3.05. The third kappa shape index (κ3) is 4.67. The Morgan fingerprint density at radius 1 is 0.889 bits per heavy atom. The molecule has 2 amide bonds. The van der Waals surface area contributed by atoms with Gasteiger partial charge in [0.05, 0.1) is 11.2 Å². The van der Waals surface area contributed by atoms with Crippen molar-refractivity contribution in [3.8, 4) is 0 Å². The summed E-state index contributed by atoms with van der Waals surface area (Å²) in [6.07, 6.45) is 0. The van der Waals surface area contributed by atoms with E-state index in [1.165, 1.54) is 0 Å². The zero-order valence-corrected chi connectivity index (χ0v) is 18.0. The highest BCUT2D eigenvalue weighted by Crippen LogP contribution is 2.36.